The summed E-state index contributed by atoms with van der Waals surface area (Å²) in [4.78, 5) is 2.47. The van der Waals surface area contributed by atoms with E-state index in [9.17, 15) is 9.50 Å². The van der Waals surface area contributed by atoms with Gasteiger partial charge in [0.05, 0.1) is 6.10 Å². The molecule has 0 spiro atoms. The molecule has 3 rings (SSSR count). The second-order valence-corrected chi connectivity index (χ2v) is 6.07. The maximum Gasteiger partial charge on any atom is 0.123 e. The number of likely N-dealkylation sites (tertiary alicyclic amines) is 1. The zero-order valence-electron chi connectivity index (χ0n) is 11.3. The van der Waals surface area contributed by atoms with Crippen LogP contribution in [-0.2, 0) is 0 Å². The van der Waals surface area contributed by atoms with Crippen molar-refractivity contribution in [3.8, 4) is 0 Å². The van der Waals surface area contributed by atoms with E-state index >= 15 is 0 Å². The fourth-order valence-electron chi connectivity index (χ4n) is 3.70. The van der Waals surface area contributed by atoms with Crippen molar-refractivity contribution in [2.75, 3.05) is 19.6 Å². The number of halogens is 1. The third kappa shape index (κ3) is 2.98. The van der Waals surface area contributed by atoms with Gasteiger partial charge in [0.1, 0.15) is 5.82 Å². The average Bonchev–Trinajstić information content (AvgIpc) is 2.96. The molecule has 1 aliphatic heterocycles. The van der Waals surface area contributed by atoms with Crippen LogP contribution in [0.25, 0.3) is 0 Å². The molecule has 3 unspecified atom stereocenters. The molecule has 1 saturated heterocycles. The van der Waals surface area contributed by atoms with E-state index in [1.165, 1.54) is 44.5 Å². The van der Waals surface area contributed by atoms with Gasteiger partial charge >= 0.3 is 0 Å². The second-order valence-electron chi connectivity index (χ2n) is 6.07. The molecule has 1 heterocycles. The van der Waals surface area contributed by atoms with Crippen molar-refractivity contribution in [3.05, 3.63) is 35.6 Å². The highest BCUT2D eigenvalue weighted by molar-refractivity contribution is 5.18. The number of fused-ring (bicyclic) bond motifs is 1. The second kappa shape index (κ2) is 5.59. The summed E-state index contributed by atoms with van der Waals surface area (Å²) in [7, 11) is 0. The number of aliphatic hydroxyl groups excluding tert-OH is 1. The standard InChI is InChI=1S/C16H22FNO/c17-15-6-2-3-12(9-15)16(19)7-8-18-10-13-4-1-5-14(13)11-18/h2-3,6,9,13-14,16,19H,1,4-5,7-8,10-11H2. The van der Waals surface area contributed by atoms with E-state index in [0.29, 0.717) is 12.0 Å². The first kappa shape index (κ1) is 13.1. The molecule has 1 saturated carbocycles. The van der Waals surface area contributed by atoms with E-state index in [4.69, 9.17) is 0 Å². The van der Waals surface area contributed by atoms with Crippen LogP contribution in [0.15, 0.2) is 24.3 Å². The van der Waals surface area contributed by atoms with Crippen LogP contribution < -0.4 is 0 Å². The Bertz CT molecular complexity index is 425. The Morgan fingerprint density at radius 3 is 2.68 bits per heavy atom. The summed E-state index contributed by atoms with van der Waals surface area (Å²) in [5.74, 6) is 1.52. The third-order valence-electron chi connectivity index (χ3n) is 4.75. The molecule has 0 radical (unpaired) electrons. The molecule has 3 atom stereocenters. The van der Waals surface area contributed by atoms with Crippen molar-refractivity contribution < 1.29 is 9.50 Å². The van der Waals surface area contributed by atoms with E-state index in [1.54, 1.807) is 12.1 Å². The quantitative estimate of drug-likeness (QED) is 0.902. The zero-order valence-corrected chi connectivity index (χ0v) is 11.3. The smallest absolute Gasteiger partial charge is 0.123 e. The predicted molar refractivity (Wildman–Crippen MR) is 73.2 cm³/mol. The maximum atomic E-state index is 13.1. The number of hydrogen-bond donors (Lipinski definition) is 1. The molecule has 0 bridgehead atoms. The van der Waals surface area contributed by atoms with Gasteiger partial charge in [-0.05, 0) is 48.8 Å². The molecular weight excluding hydrogens is 241 g/mol. The highest BCUT2D eigenvalue weighted by atomic mass is 19.1. The topological polar surface area (TPSA) is 23.5 Å². The van der Waals surface area contributed by atoms with Crippen LogP contribution in [0.5, 0.6) is 0 Å². The lowest BCUT2D eigenvalue weighted by molar-refractivity contribution is 0.146. The van der Waals surface area contributed by atoms with Crippen LogP contribution in [0.4, 0.5) is 4.39 Å². The van der Waals surface area contributed by atoms with Gasteiger partial charge in [-0.2, -0.15) is 0 Å². The number of rotatable bonds is 4. The molecule has 1 aromatic rings. The Morgan fingerprint density at radius 1 is 1.26 bits per heavy atom. The van der Waals surface area contributed by atoms with Crippen molar-refractivity contribution in [3.63, 3.8) is 0 Å². The monoisotopic (exact) mass is 263 g/mol. The van der Waals surface area contributed by atoms with Gasteiger partial charge in [-0.15, -0.1) is 0 Å². The fourth-order valence-corrected chi connectivity index (χ4v) is 3.70. The molecule has 2 aliphatic rings. The lowest BCUT2D eigenvalue weighted by Gasteiger charge is -2.19. The molecule has 0 aromatic heterocycles. The molecule has 1 N–H and O–H groups in total. The molecular formula is C16H22FNO. The fraction of sp³-hybridized carbons (Fsp3) is 0.625. The summed E-state index contributed by atoms with van der Waals surface area (Å²) >= 11 is 0. The SMILES string of the molecule is OC(CCN1CC2CCCC2C1)c1cccc(F)c1. The molecule has 104 valence electrons. The summed E-state index contributed by atoms with van der Waals surface area (Å²) in [5, 5.41) is 10.1. The first-order valence-corrected chi connectivity index (χ1v) is 7.38. The molecule has 1 aromatic carbocycles. The molecule has 0 amide bonds. The van der Waals surface area contributed by atoms with Crippen molar-refractivity contribution in [2.24, 2.45) is 11.8 Å². The third-order valence-corrected chi connectivity index (χ3v) is 4.75. The van der Waals surface area contributed by atoms with E-state index in [1.807, 2.05) is 0 Å². The number of nitrogens with zero attached hydrogens (tertiary/aromatic N) is 1. The average molecular weight is 263 g/mol. The summed E-state index contributed by atoms with van der Waals surface area (Å²) in [6.07, 6.45) is 4.32. The largest absolute Gasteiger partial charge is 0.388 e. The molecule has 1 aliphatic carbocycles. The van der Waals surface area contributed by atoms with Gasteiger partial charge in [-0.3, -0.25) is 0 Å². The van der Waals surface area contributed by atoms with Gasteiger partial charge in [-0.25, -0.2) is 4.39 Å². The van der Waals surface area contributed by atoms with Gasteiger partial charge in [0, 0.05) is 19.6 Å². The van der Waals surface area contributed by atoms with E-state index < -0.39 is 6.10 Å². The Kier molecular flexibility index (Phi) is 3.85. The number of aliphatic hydroxyl groups is 1. The van der Waals surface area contributed by atoms with Crippen molar-refractivity contribution in [1.29, 1.82) is 0 Å². The van der Waals surface area contributed by atoms with E-state index in [0.717, 1.165) is 18.4 Å². The van der Waals surface area contributed by atoms with Crippen LogP contribution in [0.2, 0.25) is 0 Å². The summed E-state index contributed by atoms with van der Waals surface area (Å²) in [5.41, 5.74) is 0.694. The van der Waals surface area contributed by atoms with Gasteiger partial charge in [0.15, 0.2) is 0 Å². The van der Waals surface area contributed by atoms with Gasteiger partial charge in [0.2, 0.25) is 0 Å². The predicted octanol–water partition coefficient (Wildman–Crippen LogP) is 2.98. The van der Waals surface area contributed by atoms with Crippen LogP contribution in [0.3, 0.4) is 0 Å². The van der Waals surface area contributed by atoms with Gasteiger partial charge in [0.25, 0.3) is 0 Å². The Labute approximate surface area is 114 Å². The maximum absolute atomic E-state index is 13.1. The van der Waals surface area contributed by atoms with Crippen molar-refractivity contribution in [1.82, 2.24) is 4.90 Å². The normalized spacial score (nSPS) is 28.5. The number of benzene rings is 1. The summed E-state index contributed by atoms with van der Waals surface area (Å²) < 4.78 is 13.1. The highest BCUT2D eigenvalue weighted by Gasteiger charge is 2.35. The Balaban J connectivity index is 1.50. The Morgan fingerprint density at radius 2 is 2.00 bits per heavy atom. The number of hydrogen-bond acceptors (Lipinski definition) is 2. The molecule has 3 heteroatoms. The van der Waals surface area contributed by atoms with Crippen LogP contribution in [-0.4, -0.2) is 29.6 Å². The Hall–Kier alpha value is -0.930. The van der Waals surface area contributed by atoms with Crippen molar-refractivity contribution in [2.45, 2.75) is 31.8 Å². The van der Waals surface area contributed by atoms with Crippen LogP contribution in [0, 0.1) is 17.7 Å². The minimum atomic E-state index is -0.545. The van der Waals surface area contributed by atoms with Crippen molar-refractivity contribution >= 4 is 0 Å². The first-order valence-electron chi connectivity index (χ1n) is 7.38. The lowest BCUT2D eigenvalue weighted by Crippen LogP contribution is -2.24. The van der Waals surface area contributed by atoms with E-state index in [2.05, 4.69) is 4.90 Å². The summed E-state index contributed by atoms with van der Waals surface area (Å²) in [6.45, 7) is 3.31. The highest BCUT2D eigenvalue weighted by Crippen LogP contribution is 2.37. The summed E-state index contributed by atoms with van der Waals surface area (Å²) in [6, 6.07) is 6.31. The zero-order chi connectivity index (χ0) is 13.2. The van der Waals surface area contributed by atoms with E-state index in [-0.39, 0.29) is 5.82 Å². The molecule has 2 fully saturated rings. The first-order chi connectivity index (χ1) is 9.22. The lowest BCUT2D eigenvalue weighted by atomic mass is 10.0. The van der Waals surface area contributed by atoms with Crippen LogP contribution in [0.1, 0.15) is 37.4 Å². The van der Waals surface area contributed by atoms with Gasteiger partial charge in [-0.1, -0.05) is 18.6 Å². The molecule has 2 nitrogen and oxygen atoms in total. The van der Waals surface area contributed by atoms with Crippen LogP contribution >= 0.6 is 0 Å². The molecule has 19 heavy (non-hydrogen) atoms. The minimum absolute atomic E-state index is 0.271. The minimum Gasteiger partial charge on any atom is -0.388 e. The van der Waals surface area contributed by atoms with Gasteiger partial charge < -0.3 is 10.0 Å².